The van der Waals surface area contributed by atoms with Gasteiger partial charge in [0, 0.05) is 28.8 Å². The van der Waals surface area contributed by atoms with Crippen molar-refractivity contribution < 1.29 is 9.84 Å². The van der Waals surface area contributed by atoms with Crippen molar-refractivity contribution in [3.05, 3.63) is 28.2 Å². The topological polar surface area (TPSA) is 32.7 Å². The molecule has 0 aromatic heterocycles. The van der Waals surface area contributed by atoms with Crippen molar-refractivity contribution in [1.29, 1.82) is 0 Å². The Morgan fingerprint density at radius 2 is 2.35 bits per heavy atom. The van der Waals surface area contributed by atoms with Gasteiger partial charge in [0.15, 0.2) is 0 Å². The van der Waals surface area contributed by atoms with Gasteiger partial charge in [-0.2, -0.15) is 0 Å². The molecule has 1 heterocycles. The van der Waals surface area contributed by atoms with E-state index in [4.69, 9.17) is 4.74 Å². The molecule has 0 saturated carbocycles. The zero-order chi connectivity index (χ0) is 12.3. The van der Waals surface area contributed by atoms with Crippen LogP contribution in [0.25, 0.3) is 0 Å². The number of rotatable bonds is 3. The van der Waals surface area contributed by atoms with Gasteiger partial charge in [-0.05, 0) is 24.6 Å². The molecule has 1 unspecified atom stereocenters. The van der Waals surface area contributed by atoms with Crippen LogP contribution >= 0.6 is 15.9 Å². The Labute approximate surface area is 111 Å². The maximum atomic E-state index is 9.42. The summed E-state index contributed by atoms with van der Waals surface area (Å²) in [6, 6.07) is 6.06. The first-order valence-corrected chi connectivity index (χ1v) is 6.79. The van der Waals surface area contributed by atoms with E-state index in [1.165, 1.54) is 0 Å². The van der Waals surface area contributed by atoms with Crippen LogP contribution in [0.15, 0.2) is 22.7 Å². The lowest BCUT2D eigenvalue weighted by atomic mass is 10.1. The highest BCUT2D eigenvalue weighted by molar-refractivity contribution is 9.10. The molecular weight excluding hydrogens is 282 g/mol. The Morgan fingerprint density at radius 3 is 3.06 bits per heavy atom. The summed E-state index contributed by atoms with van der Waals surface area (Å²) in [5.74, 6) is 0. The van der Waals surface area contributed by atoms with E-state index >= 15 is 0 Å². The molecule has 3 nitrogen and oxygen atoms in total. The minimum absolute atomic E-state index is 0.0723. The van der Waals surface area contributed by atoms with Crippen molar-refractivity contribution in [2.24, 2.45) is 0 Å². The minimum Gasteiger partial charge on any atom is -0.392 e. The lowest BCUT2D eigenvalue weighted by Crippen LogP contribution is -2.42. The SMILES string of the molecule is CCC1CN(c2ccc(Br)cc2CO)CCO1. The highest BCUT2D eigenvalue weighted by Crippen LogP contribution is 2.26. The largest absolute Gasteiger partial charge is 0.392 e. The summed E-state index contributed by atoms with van der Waals surface area (Å²) in [4.78, 5) is 2.30. The molecule has 17 heavy (non-hydrogen) atoms. The van der Waals surface area contributed by atoms with E-state index in [-0.39, 0.29) is 6.61 Å². The Kier molecular flexibility index (Phi) is 4.42. The second-order valence-corrected chi connectivity index (χ2v) is 5.19. The number of ether oxygens (including phenoxy) is 1. The van der Waals surface area contributed by atoms with Crippen LogP contribution < -0.4 is 4.90 Å². The van der Waals surface area contributed by atoms with E-state index < -0.39 is 0 Å². The third kappa shape index (κ3) is 3.00. The normalized spacial score (nSPS) is 20.6. The summed E-state index contributed by atoms with van der Waals surface area (Å²) in [5, 5.41) is 9.42. The molecule has 1 aliphatic rings. The number of morpholine rings is 1. The first-order valence-electron chi connectivity index (χ1n) is 6.00. The third-order valence-electron chi connectivity index (χ3n) is 3.15. The van der Waals surface area contributed by atoms with Crippen molar-refractivity contribution in [3.8, 4) is 0 Å². The number of hydrogen-bond donors (Lipinski definition) is 1. The second kappa shape index (κ2) is 5.85. The molecule has 4 heteroatoms. The predicted molar refractivity (Wildman–Crippen MR) is 72.3 cm³/mol. The number of benzene rings is 1. The van der Waals surface area contributed by atoms with Crippen LogP contribution in [-0.4, -0.2) is 30.9 Å². The number of aliphatic hydroxyl groups is 1. The molecule has 0 radical (unpaired) electrons. The summed E-state index contributed by atoms with van der Waals surface area (Å²) in [5.41, 5.74) is 2.09. The summed E-state index contributed by atoms with van der Waals surface area (Å²) in [7, 11) is 0. The summed E-state index contributed by atoms with van der Waals surface area (Å²) >= 11 is 3.43. The molecule has 1 saturated heterocycles. The molecule has 1 N–H and O–H groups in total. The smallest absolute Gasteiger partial charge is 0.0748 e. The van der Waals surface area contributed by atoms with Gasteiger partial charge in [0.1, 0.15) is 0 Å². The van der Waals surface area contributed by atoms with Crippen molar-refractivity contribution >= 4 is 21.6 Å². The van der Waals surface area contributed by atoms with Gasteiger partial charge in [-0.1, -0.05) is 22.9 Å². The standard InChI is InChI=1S/C13H18BrNO2/c1-2-12-8-15(5-6-17-12)13-4-3-11(14)7-10(13)9-16/h3-4,7,12,16H,2,5-6,8-9H2,1H3. The van der Waals surface area contributed by atoms with Crippen molar-refractivity contribution in [2.45, 2.75) is 26.1 Å². The van der Waals surface area contributed by atoms with Crippen LogP contribution in [0.2, 0.25) is 0 Å². The summed E-state index contributed by atoms with van der Waals surface area (Å²) in [6.07, 6.45) is 1.33. The van der Waals surface area contributed by atoms with Gasteiger partial charge in [-0.15, -0.1) is 0 Å². The Bertz CT molecular complexity index is 384. The fourth-order valence-corrected chi connectivity index (χ4v) is 2.58. The van der Waals surface area contributed by atoms with Gasteiger partial charge >= 0.3 is 0 Å². The molecule has 1 aromatic rings. The lowest BCUT2D eigenvalue weighted by Gasteiger charge is -2.35. The molecule has 94 valence electrons. The molecule has 2 rings (SSSR count). The highest BCUT2D eigenvalue weighted by atomic mass is 79.9. The molecule has 1 aromatic carbocycles. The molecule has 0 bridgehead atoms. The fraction of sp³-hybridized carbons (Fsp3) is 0.538. The number of anilines is 1. The first-order chi connectivity index (χ1) is 8.24. The Hall–Kier alpha value is -0.580. The van der Waals surface area contributed by atoms with Crippen LogP contribution in [0.3, 0.4) is 0 Å². The van der Waals surface area contributed by atoms with Gasteiger partial charge < -0.3 is 14.7 Å². The fourth-order valence-electron chi connectivity index (χ4n) is 2.17. The number of halogens is 1. The molecule has 1 aliphatic heterocycles. The molecule has 0 spiro atoms. The van der Waals surface area contributed by atoms with Gasteiger partial charge in [0.2, 0.25) is 0 Å². The molecule has 1 fully saturated rings. The monoisotopic (exact) mass is 299 g/mol. The molecular formula is C13H18BrNO2. The maximum absolute atomic E-state index is 9.42. The van der Waals surface area contributed by atoms with Crippen LogP contribution in [-0.2, 0) is 11.3 Å². The summed E-state index contributed by atoms with van der Waals surface area (Å²) < 4.78 is 6.67. The van der Waals surface area contributed by atoms with Crippen LogP contribution in [0.4, 0.5) is 5.69 Å². The van der Waals surface area contributed by atoms with Crippen molar-refractivity contribution in [1.82, 2.24) is 0 Å². The van der Waals surface area contributed by atoms with E-state index in [1.807, 2.05) is 12.1 Å². The Morgan fingerprint density at radius 1 is 1.53 bits per heavy atom. The lowest BCUT2D eigenvalue weighted by molar-refractivity contribution is 0.0383. The van der Waals surface area contributed by atoms with Crippen LogP contribution in [0.1, 0.15) is 18.9 Å². The number of hydrogen-bond acceptors (Lipinski definition) is 3. The van der Waals surface area contributed by atoms with E-state index in [9.17, 15) is 5.11 Å². The number of aliphatic hydroxyl groups excluding tert-OH is 1. The molecule has 1 atom stereocenters. The number of nitrogens with zero attached hydrogens (tertiary/aromatic N) is 1. The minimum atomic E-state index is 0.0723. The van der Waals surface area contributed by atoms with Crippen molar-refractivity contribution in [2.75, 3.05) is 24.6 Å². The van der Waals surface area contributed by atoms with Gasteiger partial charge in [0.25, 0.3) is 0 Å². The Balaban J connectivity index is 2.20. The predicted octanol–water partition coefficient (Wildman–Crippen LogP) is 2.56. The second-order valence-electron chi connectivity index (χ2n) is 4.28. The van der Waals surface area contributed by atoms with Crippen molar-refractivity contribution in [3.63, 3.8) is 0 Å². The summed E-state index contributed by atoms with van der Waals surface area (Å²) in [6.45, 7) is 4.78. The van der Waals surface area contributed by atoms with Gasteiger partial charge in [-0.25, -0.2) is 0 Å². The quantitative estimate of drug-likeness (QED) is 0.931. The van der Waals surface area contributed by atoms with Gasteiger partial charge in [0.05, 0.1) is 19.3 Å². The molecule has 0 amide bonds. The van der Waals surface area contributed by atoms with Gasteiger partial charge in [-0.3, -0.25) is 0 Å². The highest BCUT2D eigenvalue weighted by Gasteiger charge is 2.20. The van der Waals surface area contributed by atoms with Crippen LogP contribution in [0.5, 0.6) is 0 Å². The average Bonchev–Trinajstić information content (AvgIpc) is 2.38. The van der Waals surface area contributed by atoms with E-state index in [2.05, 4.69) is 33.8 Å². The van der Waals surface area contributed by atoms with E-state index in [0.29, 0.717) is 6.10 Å². The van der Waals surface area contributed by atoms with E-state index in [0.717, 1.165) is 41.8 Å². The maximum Gasteiger partial charge on any atom is 0.0748 e. The average molecular weight is 300 g/mol. The third-order valence-corrected chi connectivity index (χ3v) is 3.64. The van der Waals surface area contributed by atoms with E-state index in [1.54, 1.807) is 0 Å². The van der Waals surface area contributed by atoms with Crippen LogP contribution in [0, 0.1) is 0 Å². The first kappa shape index (κ1) is 12.9. The zero-order valence-corrected chi connectivity index (χ0v) is 11.6. The zero-order valence-electron chi connectivity index (χ0n) is 10.0. The molecule has 0 aliphatic carbocycles.